The minimum Gasteiger partial charge on any atom is -0.356 e. The summed E-state index contributed by atoms with van der Waals surface area (Å²) in [5, 5.41) is 6.59. The van der Waals surface area contributed by atoms with Crippen molar-refractivity contribution in [2.24, 2.45) is 0 Å². The van der Waals surface area contributed by atoms with Crippen LogP contribution >= 0.6 is 0 Å². The summed E-state index contributed by atoms with van der Waals surface area (Å²) in [5.74, 6) is -0.414. The second-order valence-corrected chi connectivity index (χ2v) is 7.42. The average Bonchev–Trinajstić information content (AvgIpc) is 2.84. The van der Waals surface area contributed by atoms with Gasteiger partial charge in [0.1, 0.15) is 0 Å². The number of hydrogen-bond donors (Lipinski definition) is 4. The summed E-state index contributed by atoms with van der Waals surface area (Å²) in [5.41, 5.74) is 8.72. The van der Waals surface area contributed by atoms with E-state index in [4.69, 9.17) is 0 Å². The molecule has 0 heterocycles. The van der Waals surface area contributed by atoms with Crippen molar-refractivity contribution < 1.29 is 18.0 Å². The number of hydrazine groups is 1. The van der Waals surface area contributed by atoms with Gasteiger partial charge in [-0.25, -0.2) is 0 Å². The Labute approximate surface area is 194 Å². The highest BCUT2D eigenvalue weighted by molar-refractivity contribution is 5.95. The number of benzene rings is 4. The normalized spacial score (nSPS) is 10.9. The standard InChI is InChI=1S/C26H21F3N4O/c27-26(28,29)19-8-12-24(13-9-19)32-33-25(34)18-6-10-21(11-7-18)31-23-16-14-22(15-17-23)30-20-4-2-1-3-5-20/h1-17,30-32H,(H,33,34). The molecule has 0 bridgehead atoms. The van der Waals surface area contributed by atoms with Gasteiger partial charge in [0.2, 0.25) is 0 Å². The lowest BCUT2D eigenvalue weighted by atomic mass is 10.2. The number of hydrogen-bond acceptors (Lipinski definition) is 4. The van der Waals surface area contributed by atoms with Crippen LogP contribution in [0.1, 0.15) is 15.9 Å². The van der Waals surface area contributed by atoms with Crippen molar-refractivity contribution in [3.63, 3.8) is 0 Å². The van der Waals surface area contributed by atoms with E-state index in [1.54, 1.807) is 24.3 Å². The Balaban J connectivity index is 1.30. The number of anilines is 5. The highest BCUT2D eigenvalue weighted by atomic mass is 19.4. The maximum atomic E-state index is 12.6. The molecule has 4 aromatic carbocycles. The number of halogens is 3. The number of rotatable bonds is 7. The van der Waals surface area contributed by atoms with Gasteiger partial charge in [-0.2, -0.15) is 13.2 Å². The van der Waals surface area contributed by atoms with Gasteiger partial charge in [-0.1, -0.05) is 18.2 Å². The van der Waals surface area contributed by atoms with Crippen LogP contribution in [-0.2, 0) is 6.18 Å². The lowest BCUT2D eigenvalue weighted by Gasteiger charge is -2.12. The van der Waals surface area contributed by atoms with Crippen LogP contribution in [-0.4, -0.2) is 5.91 Å². The van der Waals surface area contributed by atoms with Crippen LogP contribution in [0.3, 0.4) is 0 Å². The number of para-hydroxylation sites is 1. The van der Waals surface area contributed by atoms with Crippen LogP contribution in [0.4, 0.5) is 41.6 Å². The fourth-order valence-electron chi connectivity index (χ4n) is 3.14. The predicted octanol–water partition coefficient (Wildman–Crippen LogP) is 6.95. The second kappa shape index (κ2) is 9.99. The number of carbonyl (C=O) groups excluding carboxylic acids is 1. The molecule has 8 heteroatoms. The van der Waals surface area contributed by atoms with Crippen molar-refractivity contribution in [2.75, 3.05) is 16.1 Å². The minimum absolute atomic E-state index is 0.338. The number of amides is 1. The molecule has 4 aromatic rings. The number of carbonyl (C=O) groups is 1. The summed E-state index contributed by atoms with van der Waals surface area (Å²) in [6.07, 6.45) is -4.40. The third kappa shape index (κ3) is 6.07. The Morgan fingerprint density at radius 2 is 1.00 bits per heavy atom. The second-order valence-electron chi connectivity index (χ2n) is 7.42. The van der Waals surface area contributed by atoms with E-state index in [9.17, 15) is 18.0 Å². The van der Waals surface area contributed by atoms with Gasteiger partial charge in [0, 0.05) is 28.3 Å². The zero-order chi connectivity index (χ0) is 24.0. The van der Waals surface area contributed by atoms with Crippen LogP contribution in [0, 0.1) is 0 Å². The van der Waals surface area contributed by atoms with Gasteiger partial charge in [-0.05, 0) is 84.9 Å². The highest BCUT2D eigenvalue weighted by Crippen LogP contribution is 2.29. The van der Waals surface area contributed by atoms with E-state index in [0.29, 0.717) is 11.3 Å². The van der Waals surface area contributed by atoms with Crippen LogP contribution in [0.2, 0.25) is 0 Å². The first kappa shape index (κ1) is 22.7. The fourth-order valence-corrected chi connectivity index (χ4v) is 3.14. The van der Waals surface area contributed by atoms with Crippen molar-refractivity contribution in [3.05, 3.63) is 114 Å². The van der Waals surface area contributed by atoms with Gasteiger partial charge in [-0.15, -0.1) is 0 Å². The molecular weight excluding hydrogens is 441 g/mol. The molecule has 4 N–H and O–H groups in total. The zero-order valence-corrected chi connectivity index (χ0v) is 17.9. The molecule has 0 unspecified atom stereocenters. The fraction of sp³-hybridized carbons (Fsp3) is 0.0385. The summed E-state index contributed by atoms with van der Waals surface area (Å²) >= 11 is 0. The molecule has 172 valence electrons. The molecule has 0 spiro atoms. The zero-order valence-electron chi connectivity index (χ0n) is 17.9. The summed E-state index contributed by atoms with van der Waals surface area (Å²) < 4.78 is 37.9. The SMILES string of the molecule is O=C(NNc1ccc(C(F)(F)F)cc1)c1ccc(Nc2ccc(Nc3ccccc3)cc2)cc1. The van der Waals surface area contributed by atoms with Crippen molar-refractivity contribution in [3.8, 4) is 0 Å². The molecule has 0 saturated carbocycles. The minimum atomic E-state index is -4.40. The lowest BCUT2D eigenvalue weighted by molar-refractivity contribution is -0.137. The molecule has 1 amide bonds. The Hall–Kier alpha value is -4.46. The summed E-state index contributed by atoms with van der Waals surface area (Å²) in [7, 11) is 0. The molecule has 0 radical (unpaired) electrons. The molecule has 0 aliphatic carbocycles. The first-order valence-corrected chi connectivity index (χ1v) is 10.4. The molecule has 0 aromatic heterocycles. The van der Waals surface area contributed by atoms with Crippen LogP contribution < -0.4 is 21.5 Å². The summed E-state index contributed by atoms with van der Waals surface area (Å²) in [6, 6.07) is 28.9. The van der Waals surface area contributed by atoms with E-state index in [1.807, 2.05) is 54.6 Å². The van der Waals surface area contributed by atoms with Crippen LogP contribution in [0.15, 0.2) is 103 Å². The summed E-state index contributed by atoms with van der Waals surface area (Å²) in [4.78, 5) is 12.3. The molecule has 0 saturated heterocycles. The van der Waals surface area contributed by atoms with Gasteiger partial charge in [0.25, 0.3) is 5.91 Å². The van der Waals surface area contributed by atoms with Crippen molar-refractivity contribution in [1.29, 1.82) is 0 Å². The van der Waals surface area contributed by atoms with E-state index in [0.717, 1.165) is 34.9 Å². The van der Waals surface area contributed by atoms with E-state index in [2.05, 4.69) is 21.5 Å². The smallest absolute Gasteiger partial charge is 0.356 e. The third-order valence-corrected chi connectivity index (χ3v) is 4.92. The summed E-state index contributed by atoms with van der Waals surface area (Å²) in [6.45, 7) is 0. The Bertz CT molecular complexity index is 1220. The maximum Gasteiger partial charge on any atom is 0.416 e. The van der Waals surface area contributed by atoms with Gasteiger partial charge in [-0.3, -0.25) is 15.6 Å². The molecule has 5 nitrogen and oxygen atoms in total. The van der Waals surface area contributed by atoms with Crippen molar-refractivity contribution in [1.82, 2.24) is 5.43 Å². The quantitative estimate of drug-likeness (QED) is 0.225. The largest absolute Gasteiger partial charge is 0.416 e. The molecule has 34 heavy (non-hydrogen) atoms. The molecule has 0 aliphatic heterocycles. The van der Waals surface area contributed by atoms with E-state index >= 15 is 0 Å². The van der Waals surface area contributed by atoms with Crippen molar-refractivity contribution in [2.45, 2.75) is 6.18 Å². The first-order valence-electron chi connectivity index (χ1n) is 10.4. The van der Waals surface area contributed by atoms with Gasteiger partial charge < -0.3 is 10.6 Å². The van der Waals surface area contributed by atoms with Gasteiger partial charge >= 0.3 is 6.18 Å². The predicted molar refractivity (Wildman–Crippen MR) is 128 cm³/mol. The molecule has 0 atom stereocenters. The monoisotopic (exact) mass is 462 g/mol. The Morgan fingerprint density at radius 1 is 0.559 bits per heavy atom. The van der Waals surface area contributed by atoms with Gasteiger partial charge in [0.05, 0.1) is 11.3 Å². The van der Waals surface area contributed by atoms with Gasteiger partial charge in [0.15, 0.2) is 0 Å². The van der Waals surface area contributed by atoms with Crippen LogP contribution in [0.25, 0.3) is 0 Å². The molecular formula is C26H21F3N4O. The number of alkyl halides is 3. The molecule has 0 aliphatic rings. The Morgan fingerprint density at radius 3 is 1.50 bits per heavy atom. The first-order chi connectivity index (χ1) is 16.4. The van der Waals surface area contributed by atoms with E-state index < -0.39 is 17.6 Å². The highest BCUT2D eigenvalue weighted by Gasteiger charge is 2.29. The van der Waals surface area contributed by atoms with E-state index in [1.165, 1.54) is 12.1 Å². The third-order valence-electron chi connectivity index (χ3n) is 4.92. The maximum absolute atomic E-state index is 12.6. The Kier molecular flexibility index (Phi) is 6.68. The van der Waals surface area contributed by atoms with E-state index in [-0.39, 0.29) is 0 Å². The topological polar surface area (TPSA) is 65.2 Å². The van der Waals surface area contributed by atoms with Crippen LogP contribution in [0.5, 0.6) is 0 Å². The molecule has 0 fully saturated rings. The number of nitrogens with one attached hydrogen (secondary N) is 4. The molecule has 4 rings (SSSR count). The average molecular weight is 462 g/mol. The van der Waals surface area contributed by atoms with Crippen molar-refractivity contribution >= 4 is 34.3 Å². The lowest BCUT2D eigenvalue weighted by Crippen LogP contribution is -2.29.